The Morgan fingerprint density at radius 2 is 1.70 bits per heavy atom. The zero-order valence-corrected chi connectivity index (χ0v) is 23.3. The number of aliphatic hydroxyl groups is 1. The molecular formula is C30H41FO6. The summed E-state index contributed by atoms with van der Waals surface area (Å²) in [5, 5.41) is 11.6. The van der Waals surface area contributed by atoms with Crippen molar-refractivity contribution < 1.29 is 33.4 Å². The summed E-state index contributed by atoms with van der Waals surface area (Å²) in [5.41, 5.74) is -5.65. The summed E-state index contributed by atoms with van der Waals surface area (Å²) in [7, 11) is 1.29. The number of ketones is 1. The van der Waals surface area contributed by atoms with Crippen LogP contribution < -0.4 is 0 Å². The van der Waals surface area contributed by atoms with E-state index in [4.69, 9.17) is 9.47 Å². The minimum atomic E-state index is -2.02. The van der Waals surface area contributed by atoms with Crippen LogP contribution in [-0.2, 0) is 23.9 Å². The minimum absolute atomic E-state index is 0.0561. The maximum absolute atomic E-state index is 17.5. The van der Waals surface area contributed by atoms with Gasteiger partial charge in [0.1, 0.15) is 0 Å². The van der Waals surface area contributed by atoms with Gasteiger partial charge >= 0.3 is 11.9 Å². The predicted molar refractivity (Wildman–Crippen MR) is 135 cm³/mol. The molecule has 0 bridgehead atoms. The lowest BCUT2D eigenvalue weighted by molar-refractivity contribution is -0.236. The molecule has 0 heterocycles. The molecular weight excluding hydrogens is 475 g/mol. The maximum Gasteiger partial charge on any atom is 0.351 e. The highest BCUT2D eigenvalue weighted by Gasteiger charge is 2.79. The Balaban J connectivity index is 1.59. The average Bonchev–Trinajstić information content (AvgIpc) is 3.12. The molecule has 0 spiro atoms. The first-order valence-corrected chi connectivity index (χ1v) is 13.6. The number of halogens is 1. The summed E-state index contributed by atoms with van der Waals surface area (Å²) < 4.78 is 29.1. The highest BCUT2D eigenvalue weighted by atomic mass is 19.1. The summed E-state index contributed by atoms with van der Waals surface area (Å²) in [6.07, 6.45) is 4.48. The average molecular weight is 517 g/mol. The summed E-state index contributed by atoms with van der Waals surface area (Å²) in [4.78, 5) is 39.4. The number of carbonyl (C=O) groups excluding carboxylic acids is 3. The van der Waals surface area contributed by atoms with Crippen molar-refractivity contribution in [3.05, 3.63) is 23.8 Å². The largest absolute Gasteiger partial charge is 0.466 e. The van der Waals surface area contributed by atoms with Gasteiger partial charge in [0.05, 0.1) is 19.1 Å². The fraction of sp³-hybridized carbons (Fsp3) is 0.767. The van der Waals surface area contributed by atoms with E-state index >= 15 is 4.39 Å². The molecule has 0 radical (unpaired) electrons. The molecule has 4 fully saturated rings. The number of hydrogen-bond acceptors (Lipinski definition) is 6. The Morgan fingerprint density at radius 1 is 1.08 bits per heavy atom. The van der Waals surface area contributed by atoms with Crippen molar-refractivity contribution in [2.75, 3.05) is 7.11 Å². The number of hydrogen-bond donors (Lipinski definition) is 1. The lowest BCUT2D eigenvalue weighted by atomic mass is 9.44. The van der Waals surface area contributed by atoms with Gasteiger partial charge in [-0.15, -0.1) is 0 Å². The first-order valence-electron chi connectivity index (χ1n) is 13.6. The maximum atomic E-state index is 17.5. The van der Waals surface area contributed by atoms with E-state index in [1.54, 1.807) is 13.0 Å². The van der Waals surface area contributed by atoms with Crippen molar-refractivity contribution in [1.82, 2.24) is 0 Å². The molecule has 0 unspecified atom stereocenters. The van der Waals surface area contributed by atoms with Gasteiger partial charge in [0.25, 0.3) is 0 Å². The van der Waals surface area contributed by atoms with Crippen molar-refractivity contribution in [1.29, 1.82) is 0 Å². The minimum Gasteiger partial charge on any atom is -0.466 e. The molecule has 37 heavy (non-hydrogen) atoms. The zero-order valence-electron chi connectivity index (χ0n) is 23.3. The quantitative estimate of drug-likeness (QED) is 0.545. The molecule has 0 amide bonds. The number of carbonyl (C=O) groups is 3. The molecule has 7 heteroatoms. The number of ether oxygens (including phenoxy) is 2. The first kappa shape index (κ1) is 26.6. The molecule has 5 aliphatic carbocycles. The van der Waals surface area contributed by atoms with Crippen molar-refractivity contribution in [2.24, 2.45) is 45.3 Å². The molecule has 5 rings (SSSR count). The third-order valence-electron chi connectivity index (χ3n) is 12.2. The SMILES string of the molecule is COC(=O)[C@@]1(OC(=O)C2C(C)(C)C2(C)C)[C@@H](C)C[C@H]2[C@@H]3CCC4=CC(=O)C=C[C@]4(C)[C@@]3(F)[C@@H](O)C[C@@]21C. The van der Waals surface area contributed by atoms with Gasteiger partial charge in [-0.05, 0) is 61.5 Å². The van der Waals surface area contributed by atoms with E-state index in [9.17, 15) is 19.5 Å². The second-order valence-corrected chi connectivity index (χ2v) is 13.9. The van der Waals surface area contributed by atoms with Crippen LogP contribution in [0.4, 0.5) is 4.39 Å². The number of aliphatic hydroxyl groups excluding tert-OH is 1. The van der Waals surface area contributed by atoms with Crippen LogP contribution in [0.1, 0.15) is 74.1 Å². The summed E-state index contributed by atoms with van der Waals surface area (Å²) in [6, 6.07) is 0. The van der Waals surface area contributed by atoms with Crippen LogP contribution in [0.3, 0.4) is 0 Å². The molecule has 0 saturated heterocycles. The van der Waals surface area contributed by atoms with Crippen LogP contribution >= 0.6 is 0 Å². The lowest BCUT2D eigenvalue weighted by Gasteiger charge is -2.62. The van der Waals surface area contributed by atoms with Gasteiger partial charge < -0.3 is 14.6 Å². The van der Waals surface area contributed by atoms with Crippen LogP contribution in [0.5, 0.6) is 0 Å². The normalized spacial score (nSPS) is 47.3. The summed E-state index contributed by atoms with van der Waals surface area (Å²) in [5.74, 6) is -2.95. The van der Waals surface area contributed by atoms with E-state index in [2.05, 4.69) is 0 Å². The predicted octanol–water partition coefficient (Wildman–Crippen LogP) is 4.74. The van der Waals surface area contributed by atoms with Gasteiger partial charge in [0.15, 0.2) is 11.5 Å². The smallest absolute Gasteiger partial charge is 0.351 e. The molecule has 0 aromatic heterocycles. The van der Waals surface area contributed by atoms with Gasteiger partial charge in [-0.1, -0.05) is 53.2 Å². The first-order chi connectivity index (χ1) is 17.0. The molecule has 0 aromatic rings. The molecule has 0 aromatic carbocycles. The monoisotopic (exact) mass is 516 g/mol. The molecule has 5 aliphatic rings. The topological polar surface area (TPSA) is 89.9 Å². The van der Waals surface area contributed by atoms with Crippen LogP contribution in [0, 0.1) is 45.3 Å². The Bertz CT molecular complexity index is 1120. The fourth-order valence-corrected chi connectivity index (χ4v) is 9.38. The van der Waals surface area contributed by atoms with Crippen molar-refractivity contribution in [3.8, 4) is 0 Å². The lowest BCUT2D eigenvalue weighted by Crippen LogP contribution is -2.70. The fourth-order valence-electron chi connectivity index (χ4n) is 9.38. The third-order valence-corrected chi connectivity index (χ3v) is 12.2. The Hall–Kier alpha value is -2.02. The van der Waals surface area contributed by atoms with E-state index in [1.165, 1.54) is 19.3 Å². The van der Waals surface area contributed by atoms with Crippen molar-refractivity contribution >= 4 is 17.7 Å². The molecule has 204 valence electrons. The molecule has 8 atom stereocenters. The van der Waals surface area contributed by atoms with Crippen LogP contribution in [0.2, 0.25) is 0 Å². The standard InChI is InChI=1S/C30H41FO6/c1-16-13-20-19-10-9-17-14-18(32)11-12-27(17,6)29(19,31)21(33)15-28(20,7)30(16,24(35)36-8)37-23(34)22-25(2,3)26(22,4)5/h11-12,14,16,19-22,33H,9-10,13,15H2,1-8H3/t16-,19-,20-,21-,27-,28-,29-,30-/m0/s1. The zero-order chi connectivity index (χ0) is 27.6. The van der Waals surface area contributed by atoms with Crippen molar-refractivity contribution in [3.63, 3.8) is 0 Å². The number of fused-ring (bicyclic) bond motifs is 5. The second kappa shape index (κ2) is 7.55. The highest BCUT2D eigenvalue weighted by Crippen LogP contribution is 2.73. The third kappa shape index (κ3) is 2.87. The van der Waals surface area contributed by atoms with E-state index < -0.39 is 52.0 Å². The van der Waals surface area contributed by atoms with Crippen LogP contribution in [-0.4, -0.2) is 47.3 Å². The van der Waals surface area contributed by atoms with E-state index in [-0.39, 0.29) is 34.9 Å². The van der Waals surface area contributed by atoms with Crippen LogP contribution in [0.25, 0.3) is 0 Å². The van der Waals surface area contributed by atoms with E-state index in [1.807, 2.05) is 41.5 Å². The van der Waals surface area contributed by atoms with E-state index in [0.29, 0.717) is 24.8 Å². The van der Waals surface area contributed by atoms with Gasteiger partial charge in [-0.3, -0.25) is 9.59 Å². The number of esters is 2. The summed E-state index contributed by atoms with van der Waals surface area (Å²) in [6.45, 7) is 13.6. The number of allylic oxidation sites excluding steroid dienone is 4. The Morgan fingerprint density at radius 3 is 2.27 bits per heavy atom. The van der Waals surface area contributed by atoms with E-state index in [0.717, 1.165) is 0 Å². The Kier molecular flexibility index (Phi) is 5.42. The summed E-state index contributed by atoms with van der Waals surface area (Å²) >= 11 is 0. The Labute approximate surface area is 219 Å². The van der Waals surface area contributed by atoms with Gasteiger partial charge in [0.2, 0.25) is 5.60 Å². The number of methoxy groups -OCH3 is 1. The molecule has 0 aliphatic heterocycles. The van der Waals surface area contributed by atoms with Crippen LogP contribution in [0.15, 0.2) is 23.8 Å². The van der Waals surface area contributed by atoms with Gasteiger partial charge in [0, 0.05) is 22.7 Å². The van der Waals surface area contributed by atoms with Crippen molar-refractivity contribution in [2.45, 2.75) is 91.5 Å². The highest BCUT2D eigenvalue weighted by molar-refractivity contribution is 6.01. The van der Waals surface area contributed by atoms with Gasteiger partial charge in [-0.2, -0.15) is 0 Å². The molecule has 4 saturated carbocycles. The number of alkyl halides is 1. The number of rotatable bonds is 3. The molecule has 1 N–H and O–H groups in total. The second-order valence-electron chi connectivity index (χ2n) is 13.9. The molecule has 6 nitrogen and oxygen atoms in total. The van der Waals surface area contributed by atoms with Gasteiger partial charge in [-0.25, -0.2) is 9.18 Å².